The Morgan fingerprint density at radius 2 is 1.62 bits per heavy atom. The van der Waals surface area contributed by atoms with Crippen molar-refractivity contribution < 1.29 is 72.5 Å². The van der Waals surface area contributed by atoms with Gasteiger partial charge in [0.1, 0.15) is 41.5 Å². The van der Waals surface area contributed by atoms with Crippen molar-refractivity contribution in [3.63, 3.8) is 0 Å². The summed E-state index contributed by atoms with van der Waals surface area (Å²) in [6.45, 7) is 6.60. The van der Waals surface area contributed by atoms with Gasteiger partial charge in [-0.3, -0.25) is 29.0 Å². The molecule has 1 aromatic heterocycles. The summed E-state index contributed by atoms with van der Waals surface area (Å²) in [7, 11) is 0. The van der Waals surface area contributed by atoms with Crippen LogP contribution in [0.2, 0.25) is 0 Å². The van der Waals surface area contributed by atoms with E-state index >= 15 is 0 Å². The SMILES string of the molecule is CC(=O)OC[C@]12[C@H](OC(C)=O)C(=O)[C@@H]3[C@@H](O)[C@@]14O[C@@]3(C)COC(=O)c1cccnc1[C@@H](C)[C@@H](C)C(=O)O[C@@H]([C@H](OC(C)=O)[C@@H]2O)[C@]4(C)O. The number of aromatic nitrogens is 1. The van der Waals surface area contributed by atoms with Gasteiger partial charge in [-0.1, -0.05) is 13.8 Å². The molecule has 1 saturated heterocycles. The molecule has 0 amide bonds. The number of ketones is 1. The minimum Gasteiger partial charge on any atom is -0.465 e. The minimum absolute atomic E-state index is 0.0151. The lowest BCUT2D eigenvalue weighted by Crippen LogP contribution is -2.88. The van der Waals surface area contributed by atoms with E-state index < -0.39 is 119 Å². The first-order valence-electron chi connectivity index (χ1n) is 15.4. The Labute approximate surface area is 275 Å². The van der Waals surface area contributed by atoms with Gasteiger partial charge >= 0.3 is 29.8 Å². The zero-order chi connectivity index (χ0) is 35.7. The second-order valence-electron chi connectivity index (χ2n) is 13.4. The van der Waals surface area contributed by atoms with E-state index in [0.29, 0.717) is 0 Å². The summed E-state index contributed by atoms with van der Waals surface area (Å²) < 4.78 is 34.4. The number of cyclic esters (lactones) is 1. The number of ether oxygens (including phenoxy) is 6. The Morgan fingerprint density at radius 1 is 0.979 bits per heavy atom. The molecule has 48 heavy (non-hydrogen) atoms. The molecule has 262 valence electrons. The molecule has 3 fully saturated rings. The van der Waals surface area contributed by atoms with Crippen LogP contribution < -0.4 is 0 Å². The second-order valence-corrected chi connectivity index (χ2v) is 13.4. The fourth-order valence-electron chi connectivity index (χ4n) is 8.09. The fraction of sp³-hybridized carbons (Fsp3) is 0.656. The normalized spacial score (nSPS) is 42.1. The summed E-state index contributed by atoms with van der Waals surface area (Å²) in [5, 5.41) is 37.2. The van der Waals surface area contributed by atoms with Crippen LogP contribution in [-0.4, -0.2) is 116 Å². The van der Waals surface area contributed by atoms with Gasteiger partial charge in [-0.15, -0.1) is 0 Å². The highest BCUT2D eigenvalue weighted by molar-refractivity contribution is 5.94. The number of aliphatic hydroxyl groups is 3. The van der Waals surface area contributed by atoms with Crippen LogP contribution in [0.3, 0.4) is 0 Å². The van der Waals surface area contributed by atoms with E-state index in [9.17, 15) is 44.1 Å². The molecule has 5 rings (SSSR count). The largest absolute Gasteiger partial charge is 0.465 e. The lowest BCUT2D eigenvalue weighted by molar-refractivity contribution is -0.376. The predicted molar refractivity (Wildman–Crippen MR) is 156 cm³/mol. The minimum atomic E-state index is -2.73. The summed E-state index contributed by atoms with van der Waals surface area (Å²) >= 11 is 0. The van der Waals surface area contributed by atoms with Crippen molar-refractivity contribution in [2.75, 3.05) is 13.2 Å². The molecule has 0 unspecified atom stereocenters. The van der Waals surface area contributed by atoms with E-state index in [1.165, 1.54) is 32.2 Å². The van der Waals surface area contributed by atoms with Crippen molar-refractivity contribution in [2.24, 2.45) is 17.3 Å². The molecular weight excluding hydrogens is 638 g/mol. The number of hydrogen-bond donors (Lipinski definition) is 3. The summed E-state index contributed by atoms with van der Waals surface area (Å²) in [5.41, 5.74) is -9.91. The van der Waals surface area contributed by atoms with Gasteiger partial charge in [-0.2, -0.15) is 0 Å². The Morgan fingerprint density at radius 3 is 2.23 bits per heavy atom. The van der Waals surface area contributed by atoms with Gasteiger partial charge in [-0.05, 0) is 26.0 Å². The summed E-state index contributed by atoms with van der Waals surface area (Å²) in [6.07, 6.45) is -9.13. The number of esters is 5. The standard InChI is InChI=1S/C32H39NO15/c1-13-14(2)27(40)47-26-22(45-16(4)35)24(39)31(12-43-15(3)34)25(46-17(5)36)21(37)19-23(38)32(31,30(26,7)42)48-29(19,6)11-44-28(41)18-9-8-10-33-20(13)18/h8-10,13-14,19,22-26,38-39,42H,11-12H2,1-7H3/t13-,14+,19+,22+,23+,24-,25+,26-,29-,30-,31-,32-/m0/s1. The highest BCUT2D eigenvalue weighted by Gasteiger charge is 2.89. The number of nitrogens with zero attached hydrogens (tertiary/aromatic N) is 1. The van der Waals surface area contributed by atoms with Gasteiger partial charge < -0.3 is 43.7 Å². The Bertz CT molecular complexity index is 1560. The van der Waals surface area contributed by atoms with Crippen LogP contribution >= 0.6 is 0 Å². The summed E-state index contributed by atoms with van der Waals surface area (Å²) in [6, 6.07) is 2.90. The number of carbonyl (C=O) groups is 6. The monoisotopic (exact) mass is 677 g/mol. The van der Waals surface area contributed by atoms with Crippen LogP contribution in [0, 0.1) is 17.3 Å². The van der Waals surface area contributed by atoms with E-state index in [1.54, 1.807) is 6.92 Å². The molecule has 4 bridgehead atoms. The number of rotatable bonds is 4. The molecule has 4 aliphatic rings. The van der Waals surface area contributed by atoms with Crippen LogP contribution in [0.15, 0.2) is 18.3 Å². The molecule has 12 atom stereocenters. The van der Waals surface area contributed by atoms with Crippen LogP contribution in [0.4, 0.5) is 0 Å². The maximum Gasteiger partial charge on any atom is 0.340 e. The van der Waals surface area contributed by atoms with E-state index in [-0.39, 0.29) is 11.3 Å². The topological polar surface area (TPSA) is 231 Å². The maximum atomic E-state index is 14.5. The molecule has 1 spiro atoms. The van der Waals surface area contributed by atoms with E-state index in [0.717, 1.165) is 27.7 Å². The van der Waals surface area contributed by atoms with E-state index in [4.69, 9.17) is 28.4 Å². The molecule has 3 heterocycles. The van der Waals surface area contributed by atoms with Crippen LogP contribution in [0.1, 0.15) is 70.4 Å². The third-order valence-electron chi connectivity index (χ3n) is 10.4. The first kappa shape index (κ1) is 35.3. The average Bonchev–Trinajstić information content (AvgIpc) is 3.21. The molecule has 16 nitrogen and oxygen atoms in total. The molecule has 16 heteroatoms. The van der Waals surface area contributed by atoms with Crippen LogP contribution in [-0.2, 0) is 52.4 Å². The number of fused-ring (bicyclic) bond motifs is 5. The Hall–Kier alpha value is -3.99. The zero-order valence-electron chi connectivity index (χ0n) is 27.5. The number of carbonyl (C=O) groups excluding carboxylic acids is 6. The molecule has 2 saturated carbocycles. The lowest BCUT2D eigenvalue weighted by atomic mass is 9.45. The number of hydrogen-bond acceptors (Lipinski definition) is 16. The molecule has 0 aromatic carbocycles. The third-order valence-corrected chi connectivity index (χ3v) is 10.4. The summed E-state index contributed by atoms with van der Waals surface area (Å²) in [5.74, 6) is -9.55. The van der Waals surface area contributed by atoms with E-state index in [2.05, 4.69) is 4.98 Å². The van der Waals surface area contributed by atoms with Gasteiger partial charge in [0.25, 0.3) is 0 Å². The van der Waals surface area contributed by atoms with Crippen molar-refractivity contribution in [1.29, 1.82) is 0 Å². The molecule has 1 aromatic rings. The van der Waals surface area contributed by atoms with Gasteiger partial charge in [0.2, 0.25) is 0 Å². The predicted octanol–water partition coefficient (Wildman–Crippen LogP) is -0.471. The summed E-state index contributed by atoms with van der Waals surface area (Å²) in [4.78, 5) is 83.5. The number of pyridine rings is 1. The maximum absolute atomic E-state index is 14.5. The smallest absolute Gasteiger partial charge is 0.340 e. The van der Waals surface area contributed by atoms with Gasteiger partial charge in [0.05, 0.1) is 29.2 Å². The molecular formula is C32H39NO15. The van der Waals surface area contributed by atoms with Crippen LogP contribution in [0.5, 0.6) is 0 Å². The van der Waals surface area contributed by atoms with Gasteiger partial charge in [0, 0.05) is 32.9 Å². The second kappa shape index (κ2) is 11.9. The van der Waals surface area contributed by atoms with Crippen molar-refractivity contribution in [3.05, 3.63) is 29.6 Å². The first-order valence-corrected chi connectivity index (χ1v) is 15.4. The third kappa shape index (κ3) is 4.82. The number of Topliss-reactive ketones (excluding diaryl/α,β-unsaturated/α-hetero) is 1. The van der Waals surface area contributed by atoms with Crippen molar-refractivity contribution in [1.82, 2.24) is 4.98 Å². The zero-order valence-corrected chi connectivity index (χ0v) is 27.5. The molecule has 2 aliphatic carbocycles. The van der Waals surface area contributed by atoms with Crippen LogP contribution in [0.25, 0.3) is 0 Å². The quantitative estimate of drug-likeness (QED) is 0.270. The Kier molecular flexibility index (Phi) is 8.73. The molecule has 0 radical (unpaired) electrons. The van der Waals surface area contributed by atoms with Gasteiger partial charge in [-0.25, -0.2) is 4.79 Å². The molecule has 3 N–H and O–H groups in total. The van der Waals surface area contributed by atoms with Crippen molar-refractivity contribution in [3.8, 4) is 0 Å². The molecule has 2 aliphatic heterocycles. The number of aliphatic hydroxyl groups excluding tert-OH is 2. The highest BCUT2D eigenvalue weighted by atomic mass is 16.6. The Balaban J connectivity index is 1.85. The van der Waals surface area contributed by atoms with Crippen molar-refractivity contribution >= 4 is 35.6 Å². The lowest BCUT2D eigenvalue weighted by Gasteiger charge is -2.66. The average molecular weight is 678 g/mol. The van der Waals surface area contributed by atoms with Crippen molar-refractivity contribution in [2.45, 2.75) is 102 Å². The fourth-order valence-corrected chi connectivity index (χ4v) is 8.09. The van der Waals surface area contributed by atoms with E-state index in [1.807, 2.05) is 0 Å². The highest BCUT2D eigenvalue weighted by Crippen LogP contribution is 2.67. The van der Waals surface area contributed by atoms with Gasteiger partial charge in [0.15, 0.2) is 24.1 Å². The first-order chi connectivity index (χ1) is 22.3.